The molecule has 5 heteroatoms. The predicted octanol–water partition coefficient (Wildman–Crippen LogP) is 3.08. The summed E-state index contributed by atoms with van der Waals surface area (Å²) in [6.07, 6.45) is 5.67. The molecule has 5 nitrogen and oxygen atoms in total. The molecular formula is C16H25N3O2. The van der Waals surface area contributed by atoms with Crippen molar-refractivity contribution in [2.75, 3.05) is 18.4 Å². The van der Waals surface area contributed by atoms with Crippen LogP contribution in [0.25, 0.3) is 0 Å². The van der Waals surface area contributed by atoms with Crippen molar-refractivity contribution in [3.63, 3.8) is 0 Å². The molecule has 0 unspecified atom stereocenters. The van der Waals surface area contributed by atoms with Crippen LogP contribution in [-0.2, 0) is 4.79 Å². The molecule has 1 rings (SSSR count). The van der Waals surface area contributed by atoms with Gasteiger partial charge in [0.05, 0.1) is 0 Å². The average Bonchev–Trinajstić information content (AvgIpc) is 2.46. The van der Waals surface area contributed by atoms with Gasteiger partial charge in [0.25, 0.3) is 5.91 Å². The summed E-state index contributed by atoms with van der Waals surface area (Å²) < 4.78 is 0. The molecular weight excluding hydrogens is 266 g/mol. The first-order chi connectivity index (χ1) is 10.1. The highest BCUT2D eigenvalue weighted by Crippen LogP contribution is 2.11. The van der Waals surface area contributed by atoms with E-state index in [2.05, 4.69) is 24.1 Å². The van der Waals surface area contributed by atoms with Crippen molar-refractivity contribution in [3.05, 3.63) is 23.9 Å². The number of carbonyl (C=O) groups is 2. The molecule has 0 bridgehead atoms. The second kappa shape index (κ2) is 9.10. The van der Waals surface area contributed by atoms with E-state index >= 15 is 0 Å². The van der Waals surface area contributed by atoms with Gasteiger partial charge in [-0.15, -0.1) is 0 Å². The Morgan fingerprint density at radius 1 is 1.19 bits per heavy atom. The molecule has 21 heavy (non-hydrogen) atoms. The van der Waals surface area contributed by atoms with Gasteiger partial charge in [-0.1, -0.05) is 26.7 Å². The van der Waals surface area contributed by atoms with Crippen LogP contribution in [0.4, 0.5) is 5.82 Å². The predicted molar refractivity (Wildman–Crippen MR) is 84.3 cm³/mol. The Kier molecular flexibility index (Phi) is 7.43. The van der Waals surface area contributed by atoms with Gasteiger partial charge in [0.1, 0.15) is 5.82 Å². The molecule has 0 aliphatic heterocycles. The minimum atomic E-state index is -0.194. The maximum absolute atomic E-state index is 12.6. The molecule has 0 spiro atoms. The van der Waals surface area contributed by atoms with Crippen molar-refractivity contribution in [1.82, 2.24) is 9.88 Å². The van der Waals surface area contributed by atoms with E-state index in [-0.39, 0.29) is 11.8 Å². The standard InChI is InChI=1S/C16H25N3O2/c1-4-6-10-19(11-7-5-2)16(21)14-8-9-17-15(12-14)18-13(3)20/h8-9,12H,4-7,10-11H2,1-3H3,(H,17,18,20). The summed E-state index contributed by atoms with van der Waals surface area (Å²) in [5.74, 6) is 0.228. The molecule has 0 aliphatic rings. The maximum atomic E-state index is 12.6. The number of unbranched alkanes of at least 4 members (excludes halogenated alkanes) is 2. The van der Waals surface area contributed by atoms with E-state index in [0.29, 0.717) is 11.4 Å². The zero-order valence-electron chi connectivity index (χ0n) is 13.2. The molecule has 0 aromatic carbocycles. The lowest BCUT2D eigenvalue weighted by molar-refractivity contribution is -0.114. The Hall–Kier alpha value is -1.91. The number of anilines is 1. The molecule has 0 saturated heterocycles. The lowest BCUT2D eigenvalue weighted by Gasteiger charge is -2.22. The van der Waals surface area contributed by atoms with Crippen molar-refractivity contribution in [2.24, 2.45) is 0 Å². The summed E-state index contributed by atoms with van der Waals surface area (Å²) in [7, 11) is 0. The Labute approximate surface area is 126 Å². The number of amides is 2. The first-order valence-corrected chi connectivity index (χ1v) is 7.61. The number of carbonyl (C=O) groups excluding carboxylic acids is 2. The van der Waals surface area contributed by atoms with Gasteiger partial charge < -0.3 is 10.2 Å². The molecule has 0 fully saturated rings. The van der Waals surface area contributed by atoms with Gasteiger partial charge in [0.2, 0.25) is 5.91 Å². The summed E-state index contributed by atoms with van der Waals surface area (Å²) in [5.41, 5.74) is 0.570. The first kappa shape index (κ1) is 17.1. The van der Waals surface area contributed by atoms with E-state index in [1.807, 2.05) is 4.90 Å². The van der Waals surface area contributed by atoms with Crippen molar-refractivity contribution in [2.45, 2.75) is 46.5 Å². The molecule has 1 aromatic heterocycles. The number of hydrogen-bond acceptors (Lipinski definition) is 3. The summed E-state index contributed by atoms with van der Waals surface area (Å²) in [6.45, 7) is 7.19. The number of nitrogens with one attached hydrogen (secondary N) is 1. The summed E-state index contributed by atoms with van der Waals surface area (Å²) in [4.78, 5) is 29.6. The molecule has 0 radical (unpaired) electrons. The van der Waals surface area contributed by atoms with Crippen LogP contribution in [0.3, 0.4) is 0 Å². The van der Waals surface area contributed by atoms with Crippen LogP contribution in [0.5, 0.6) is 0 Å². The molecule has 116 valence electrons. The molecule has 0 aliphatic carbocycles. The van der Waals surface area contributed by atoms with E-state index < -0.39 is 0 Å². The molecule has 0 saturated carbocycles. The Morgan fingerprint density at radius 3 is 2.33 bits per heavy atom. The monoisotopic (exact) mass is 291 g/mol. The lowest BCUT2D eigenvalue weighted by atomic mass is 10.2. The highest BCUT2D eigenvalue weighted by atomic mass is 16.2. The van der Waals surface area contributed by atoms with Gasteiger partial charge in [0.15, 0.2) is 0 Å². The van der Waals surface area contributed by atoms with Crippen molar-refractivity contribution >= 4 is 17.6 Å². The smallest absolute Gasteiger partial charge is 0.254 e. The number of rotatable bonds is 8. The van der Waals surface area contributed by atoms with Gasteiger partial charge in [-0.25, -0.2) is 4.98 Å². The number of nitrogens with zero attached hydrogens (tertiary/aromatic N) is 2. The van der Waals surface area contributed by atoms with Crippen molar-refractivity contribution in [3.8, 4) is 0 Å². The Bertz CT molecular complexity index is 466. The first-order valence-electron chi connectivity index (χ1n) is 7.61. The van der Waals surface area contributed by atoms with Gasteiger partial charge in [-0.05, 0) is 25.0 Å². The Morgan fingerprint density at radius 2 is 1.81 bits per heavy atom. The highest BCUT2D eigenvalue weighted by Gasteiger charge is 2.15. The minimum absolute atomic E-state index is 0.00546. The SMILES string of the molecule is CCCCN(CCCC)C(=O)c1ccnc(NC(C)=O)c1. The lowest BCUT2D eigenvalue weighted by Crippen LogP contribution is -2.33. The zero-order chi connectivity index (χ0) is 15.7. The van der Waals surface area contributed by atoms with Crippen molar-refractivity contribution < 1.29 is 9.59 Å². The highest BCUT2D eigenvalue weighted by molar-refractivity contribution is 5.96. The van der Waals surface area contributed by atoms with Crippen LogP contribution in [0, 0.1) is 0 Å². The van der Waals surface area contributed by atoms with Crippen LogP contribution in [0.2, 0.25) is 0 Å². The van der Waals surface area contributed by atoms with Crippen LogP contribution in [-0.4, -0.2) is 34.8 Å². The molecule has 1 N–H and O–H groups in total. The van der Waals surface area contributed by atoms with E-state index in [1.165, 1.54) is 6.92 Å². The Balaban J connectivity index is 2.83. The molecule has 0 atom stereocenters. The van der Waals surface area contributed by atoms with Gasteiger partial charge in [-0.3, -0.25) is 9.59 Å². The van der Waals surface area contributed by atoms with E-state index in [4.69, 9.17) is 0 Å². The second-order valence-electron chi connectivity index (χ2n) is 5.11. The van der Waals surface area contributed by atoms with E-state index in [1.54, 1.807) is 18.3 Å². The fraction of sp³-hybridized carbons (Fsp3) is 0.562. The maximum Gasteiger partial charge on any atom is 0.254 e. The minimum Gasteiger partial charge on any atom is -0.339 e. The molecule has 1 aromatic rings. The van der Waals surface area contributed by atoms with Gasteiger partial charge in [0, 0.05) is 31.8 Å². The summed E-state index contributed by atoms with van der Waals surface area (Å²) in [6, 6.07) is 3.33. The van der Waals surface area contributed by atoms with Crippen LogP contribution >= 0.6 is 0 Å². The third kappa shape index (κ3) is 5.94. The molecule has 1 heterocycles. The van der Waals surface area contributed by atoms with Crippen LogP contribution < -0.4 is 5.32 Å². The van der Waals surface area contributed by atoms with Crippen molar-refractivity contribution in [1.29, 1.82) is 0 Å². The zero-order valence-corrected chi connectivity index (χ0v) is 13.2. The van der Waals surface area contributed by atoms with Gasteiger partial charge >= 0.3 is 0 Å². The molecule has 2 amide bonds. The number of pyridine rings is 1. The fourth-order valence-electron chi connectivity index (χ4n) is 2.01. The number of hydrogen-bond donors (Lipinski definition) is 1. The van der Waals surface area contributed by atoms with Gasteiger partial charge in [-0.2, -0.15) is 0 Å². The number of aromatic nitrogens is 1. The fourth-order valence-corrected chi connectivity index (χ4v) is 2.01. The second-order valence-corrected chi connectivity index (χ2v) is 5.11. The van der Waals surface area contributed by atoms with E-state index in [9.17, 15) is 9.59 Å². The average molecular weight is 291 g/mol. The summed E-state index contributed by atoms with van der Waals surface area (Å²) >= 11 is 0. The summed E-state index contributed by atoms with van der Waals surface area (Å²) in [5, 5.41) is 2.60. The van der Waals surface area contributed by atoms with E-state index in [0.717, 1.165) is 38.8 Å². The largest absolute Gasteiger partial charge is 0.339 e. The third-order valence-electron chi connectivity index (χ3n) is 3.16. The third-order valence-corrected chi connectivity index (χ3v) is 3.16. The van der Waals surface area contributed by atoms with Crippen LogP contribution in [0.1, 0.15) is 56.8 Å². The van der Waals surface area contributed by atoms with Crippen LogP contribution in [0.15, 0.2) is 18.3 Å². The normalized spacial score (nSPS) is 10.2. The quantitative estimate of drug-likeness (QED) is 0.800. The topological polar surface area (TPSA) is 62.3 Å².